The number of piperidine rings is 1. The predicted octanol–water partition coefficient (Wildman–Crippen LogP) is 2.95. The van der Waals surface area contributed by atoms with Crippen molar-refractivity contribution in [3.63, 3.8) is 0 Å². The summed E-state index contributed by atoms with van der Waals surface area (Å²) in [5, 5.41) is 11.6. The van der Waals surface area contributed by atoms with Crippen molar-refractivity contribution in [3.05, 3.63) is 59.7 Å². The third kappa shape index (κ3) is 3.55. The van der Waals surface area contributed by atoms with Crippen LogP contribution in [0.2, 0.25) is 0 Å². The molecule has 2 aliphatic rings. The van der Waals surface area contributed by atoms with Crippen LogP contribution in [0.1, 0.15) is 24.0 Å². The highest BCUT2D eigenvalue weighted by Crippen LogP contribution is 2.45. The number of morpholine rings is 1. The molecule has 5 nitrogen and oxygen atoms in total. The van der Waals surface area contributed by atoms with Gasteiger partial charge in [-0.2, -0.15) is 0 Å². The summed E-state index contributed by atoms with van der Waals surface area (Å²) in [5.74, 6) is 1.43. The smallest absolute Gasteiger partial charge is 0.125 e. The molecule has 2 bridgehead atoms. The van der Waals surface area contributed by atoms with Crippen molar-refractivity contribution in [2.45, 2.75) is 37.1 Å². The summed E-state index contributed by atoms with van der Waals surface area (Å²) < 4.78 is 16.8. The van der Waals surface area contributed by atoms with Crippen molar-refractivity contribution in [2.75, 3.05) is 27.4 Å². The summed E-state index contributed by atoms with van der Waals surface area (Å²) in [6.07, 6.45) is 1.22. The third-order valence-electron chi connectivity index (χ3n) is 5.82. The lowest BCUT2D eigenvalue weighted by Crippen LogP contribution is -2.60. The Morgan fingerprint density at radius 3 is 2.37 bits per heavy atom. The fraction of sp³-hybridized carbons (Fsp3) is 0.455. The summed E-state index contributed by atoms with van der Waals surface area (Å²) in [6, 6.07) is 16.5. The van der Waals surface area contributed by atoms with Crippen LogP contribution in [-0.4, -0.2) is 49.5 Å². The van der Waals surface area contributed by atoms with Gasteiger partial charge in [0, 0.05) is 24.2 Å². The molecular formula is C22H27NO4. The Labute approximate surface area is 160 Å². The fourth-order valence-corrected chi connectivity index (χ4v) is 4.50. The minimum Gasteiger partial charge on any atom is -0.497 e. The zero-order valence-corrected chi connectivity index (χ0v) is 15.9. The van der Waals surface area contributed by atoms with Crippen molar-refractivity contribution in [3.8, 4) is 11.5 Å². The first-order chi connectivity index (χ1) is 13.1. The van der Waals surface area contributed by atoms with E-state index in [0.717, 1.165) is 17.9 Å². The van der Waals surface area contributed by atoms with Crippen LogP contribution in [-0.2, 0) is 16.9 Å². The van der Waals surface area contributed by atoms with E-state index < -0.39 is 5.60 Å². The molecule has 0 spiro atoms. The van der Waals surface area contributed by atoms with Crippen LogP contribution < -0.4 is 9.47 Å². The molecule has 1 N–H and O–H groups in total. The van der Waals surface area contributed by atoms with Crippen molar-refractivity contribution in [1.82, 2.24) is 4.90 Å². The number of aliphatic hydroxyl groups is 1. The molecule has 2 aromatic rings. The number of hydrogen-bond acceptors (Lipinski definition) is 5. The van der Waals surface area contributed by atoms with Gasteiger partial charge < -0.3 is 19.3 Å². The van der Waals surface area contributed by atoms with Gasteiger partial charge in [0.15, 0.2) is 0 Å². The van der Waals surface area contributed by atoms with E-state index in [2.05, 4.69) is 29.2 Å². The van der Waals surface area contributed by atoms with Crippen LogP contribution in [0.25, 0.3) is 0 Å². The molecule has 2 atom stereocenters. The average Bonchev–Trinajstić information content (AvgIpc) is 2.69. The summed E-state index contributed by atoms with van der Waals surface area (Å²) in [5.41, 5.74) is 1.14. The molecule has 144 valence electrons. The Bertz CT molecular complexity index is 765. The van der Waals surface area contributed by atoms with Gasteiger partial charge >= 0.3 is 0 Å². The second-order valence-electron chi connectivity index (χ2n) is 7.51. The molecule has 0 aromatic heterocycles. The van der Waals surface area contributed by atoms with E-state index in [-0.39, 0.29) is 12.1 Å². The Hall–Kier alpha value is -2.08. The molecule has 2 aromatic carbocycles. The van der Waals surface area contributed by atoms with Crippen LogP contribution >= 0.6 is 0 Å². The summed E-state index contributed by atoms with van der Waals surface area (Å²) in [4.78, 5) is 2.49. The van der Waals surface area contributed by atoms with Gasteiger partial charge in [0.2, 0.25) is 0 Å². The van der Waals surface area contributed by atoms with Crippen molar-refractivity contribution >= 4 is 0 Å². The number of rotatable bonds is 5. The van der Waals surface area contributed by atoms with E-state index in [0.29, 0.717) is 31.8 Å². The molecule has 0 amide bonds. The largest absolute Gasteiger partial charge is 0.497 e. The van der Waals surface area contributed by atoms with Crippen LogP contribution in [0.4, 0.5) is 0 Å². The first-order valence-corrected chi connectivity index (χ1v) is 9.45. The molecular weight excluding hydrogens is 342 g/mol. The molecule has 27 heavy (non-hydrogen) atoms. The Balaban J connectivity index is 1.63. The average molecular weight is 369 g/mol. The molecule has 2 unspecified atom stereocenters. The van der Waals surface area contributed by atoms with Crippen LogP contribution in [0.5, 0.6) is 11.5 Å². The second-order valence-corrected chi connectivity index (χ2v) is 7.51. The second kappa shape index (κ2) is 7.50. The molecule has 4 rings (SSSR count). The van der Waals surface area contributed by atoms with Gasteiger partial charge in [-0.1, -0.05) is 30.3 Å². The predicted molar refractivity (Wildman–Crippen MR) is 103 cm³/mol. The third-order valence-corrected chi connectivity index (χ3v) is 5.82. The van der Waals surface area contributed by atoms with E-state index in [9.17, 15) is 5.11 Å². The van der Waals surface area contributed by atoms with Gasteiger partial charge in [-0.3, -0.25) is 4.90 Å². The Kier molecular flexibility index (Phi) is 5.08. The molecule has 2 saturated heterocycles. The van der Waals surface area contributed by atoms with Crippen LogP contribution in [0, 0.1) is 0 Å². The highest BCUT2D eigenvalue weighted by Gasteiger charge is 2.48. The van der Waals surface area contributed by atoms with E-state index >= 15 is 0 Å². The lowest BCUT2D eigenvalue weighted by Gasteiger charge is -2.52. The van der Waals surface area contributed by atoms with Crippen molar-refractivity contribution in [2.24, 2.45) is 0 Å². The maximum Gasteiger partial charge on any atom is 0.125 e. The molecule has 5 heteroatoms. The summed E-state index contributed by atoms with van der Waals surface area (Å²) >= 11 is 0. The first kappa shape index (κ1) is 18.3. The SMILES string of the molecule is COc1ccc(OC)c(C2(O)CC3COCC(C2)N3Cc2ccccc2)c1. The van der Waals surface area contributed by atoms with Crippen molar-refractivity contribution < 1.29 is 19.3 Å². The normalized spacial score (nSPS) is 28.0. The minimum absolute atomic E-state index is 0.165. The highest BCUT2D eigenvalue weighted by molar-refractivity contribution is 5.44. The van der Waals surface area contributed by atoms with Crippen molar-refractivity contribution in [1.29, 1.82) is 0 Å². The topological polar surface area (TPSA) is 51.2 Å². The standard InChI is InChI=1S/C22H27NO4/c1-25-19-8-9-21(26-2)20(10-19)22(24)11-17-14-27-15-18(12-22)23(17)13-16-6-4-3-5-7-16/h3-10,17-18,24H,11-15H2,1-2H3. The minimum atomic E-state index is -0.952. The van der Waals surface area contributed by atoms with Gasteiger partial charge in [0.05, 0.1) is 33.0 Å². The highest BCUT2D eigenvalue weighted by atomic mass is 16.5. The van der Waals surface area contributed by atoms with E-state index in [1.54, 1.807) is 14.2 Å². The molecule has 0 saturated carbocycles. The molecule has 0 radical (unpaired) electrons. The number of nitrogens with zero attached hydrogens (tertiary/aromatic N) is 1. The first-order valence-electron chi connectivity index (χ1n) is 9.45. The number of hydrogen-bond donors (Lipinski definition) is 1. The number of methoxy groups -OCH3 is 2. The molecule has 2 heterocycles. The zero-order valence-electron chi connectivity index (χ0n) is 15.9. The Morgan fingerprint density at radius 2 is 1.74 bits per heavy atom. The molecule has 2 aliphatic heterocycles. The fourth-order valence-electron chi connectivity index (χ4n) is 4.50. The number of benzene rings is 2. The maximum absolute atomic E-state index is 11.6. The number of fused-ring (bicyclic) bond motifs is 2. The van der Waals surface area contributed by atoms with E-state index in [4.69, 9.17) is 14.2 Å². The monoisotopic (exact) mass is 369 g/mol. The Morgan fingerprint density at radius 1 is 1.04 bits per heavy atom. The maximum atomic E-state index is 11.6. The van der Waals surface area contributed by atoms with E-state index in [1.165, 1.54) is 5.56 Å². The lowest BCUT2D eigenvalue weighted by molar-refractivity contribution is -0.150. The van der Waals surface area contributed by atoms with Gasteiger partial charge in [0.25, 0.3) is 0 Å². The summed E-state index contributed by atoms with van der Waals surface area (Å²) in [6.45, 7) is 2.15. The zero-order chi connectivity index (χ0) is 18.9. The van der Waals surface area contributed by atoms with Gasteiger partial charge in [-0.25, -0.2) is 0 Å². The van der Waals surface area contributed by atoms with Gasteiger partial charge in [0.1, 0.15) is 11.5 Å². The molecule has 0 aliphatic carbocycles. The summed E-state index contributed by atoms with van der Waals surface area (Å²) in [7, 11) is 3.28. The lowest BCUT2D eigenvalue weighted by atomic mass is 9.76. The van der Waals surface area contributed by atoms with Crippen LogP contribution in [0.3, 0.4) is 0 Å². The van der Waals surface area contributed by atoms with E-state index in [1.807, 2.05) is 24.3 Å². The van der Waals surface area contributed by atoms with Gasteiger partial charge in [-0.05, 0) is 36.6 Å². The quantitative estimate of drug-likeness (QED) is 0.878. The molecule has 2 fully saturated rings. The van der Waals surface area contributed by atoms with Gasteiger partial charge in [-0.15, -0.1) is 0 Å². The van der Waals surface area contributed by atoms with Crippen LogP contribution in [0.15, 0.2) is 48.5 Å². The number of ether oxygens (including phenoxy) is 3.